The van der Waals surface area contributed by atoms with E-state index in [2.05, 4.69) is 5.32 Å². The molecule has 1 atom stereocenters. The number of anilines is 1. The first-order valence-corrected chi connectivity index (χ1v) is 9.91. The molecule has 3 rings (SSSR count). The summed E-state index contributed by atoms with van der Waals surface area (Å²) in [6.07, 6.45) is -0.949. The van der Waals surface area contributed by atoms with Crippen LogP contribution in [-0.4, -0.2) is 27.1 Å². The fourth-order valence-corrected chi connectivity index (χ4v) is 3.69. The SMILES string of the molecule is Cc1cc(C)c(NC(=O)C(C)OC(=O)CCn2c(=O)n(C)c3ccccc32)c(C)c1. The molecule has 0 saturated heterocycles. The van der Waals surface area contributed by atoms with Crippen molar-refractivity contribution in [2.75, 3.05) is 5.32 Å². The number of imidazole rings is 1. The zero-order valence-electron chi connectivity index (χ0n) is 18.0. The molecule has 1 aromatic heterocycles. The number of hydrogen-bond acceptors (Lipinski definition) is 4. The van der Waals surface area contributed by atoms with E-state index in [1.165, 1.54) is 6.92 Å². The molecule has 7 heteroatoms. The number of aromatic nitrogens is 2. The molecule has 1 amide bonds. The number of esters is 1. The Balaban J connectivity index is 1.62. The first kappa shape index (κ1) is 21.4. The van der Waals surface area contributed by atoms with E-state index in [4.69, 9.17) is 4.74 Å². The number of nitrogens with one attached hydrogen (secondary N) is 1. The van der Waals surface area contributed by atoms with Gasteiger partial charge in [-0.2, -0.15) is 0 Å². The van der Waals surface area contributed by atoms with E-state index in [1.807, 2.05) is 57.2 Å². The quantitative estimate of drug-likeness (QED) is 0.634. The predicted molar refractivity (Wildman–Crippen MR) is 117 cm³/mol. The first-order chi connectivity index (χ1) is 14.2. The second-order valence-corrected chi connectivity index (χ2v) is 7.63. The van der Waals surface area contributed by atoms with Gasteiger partial charge in [-0.25, -0.2) is 4.79 Å². The van der Waals surface area contributed by atoms with Gasteiger partial charge in [0.15, 0.2) is 6.10 Å². The van der Waals surface area contributed by atoms with Crippen molar-refractivity contribution < 1.29 is 14.3 Å². The summed E-state index contributed by atoms with van der Waals surface area (Å²) in [4.78, 5) is 37.2. The molecule has 1 unspecified atom stereocenters. The average molecular weight is 409 g/mol. The zero-order valence-corrected chi connectivity index (χ0v) is 18.0. The lowest BCUT2D eigenvalue weighted by atomic mass is 10.0. The van der Waals surface area contributed by atoms with E-state index >= 15 is 0 Å². The van der Waals surface area contributed by atoms with Gasteiger partial charge in [0.1, 0.15) is 0 Å². The minimum atomic E-state index is -0.943. The highest BCUT2D eigenvalue weighted by atomic mass is 16.5. The van der Waals surface area contributed by atoms with Gasteiger partial charge in [-0.3, -0.25) is 18.7 Å². The first-order valence-electron chi connectivity index (χ1n) is 9.91. The normalized spacial score (nSPS) is 12.0. The van der Waals surface area contributed by atoms with Crippen molar-refractivity contribution in [2.24, 2.45) is 7.05 Å². The van der Waals surface area contributed by atoms with Crippen LogP contribution in [0.15, 0.2) is 41.2 Å². The summed E-state index contributed by atoms with van der Waals surface area (Å²) in [5.74, 6) is -0.921. The smallest absolute Gasteiger partial charge is 0.328 e. The molecule has 0 aliphatic rings. The van der Waals surface area contributed by atoms with Crippen molar-refractivity contribution in [3.63, 3.8) is 0 Å². The number of nitrogens with zero attached hydrogens (tertiary/aromatic N) is 2. The van der Waals surface area contributed by atoms with Crippen molar-refractivity contribution in [1.29, 1.82) is 0 Å². The lowest BCUT2D eigenvalue weighted by molar-refractivity contribution is -0.153. The van der Waals surface area contributed by atoms with Crippen LogP contribution in [0.2, 0.25) is 0 Å². The molecule has 1 heterocycles. The van der Waals surface area contributed by atoms with Crippen molar-refractivity contribution in [2.45, 2.75) is 46.8 Å². The number of carbonyl (C=O) groups is 2. The van der Waals surface area contributed by atoms with Gasteiger partial charge in [-0.1, -0.05) is 29.8 Å². The number of hydrogen-bond donors (Lipinski definition) is 1. The lowest BCUT2D eigenvalue weighted by Crippen LogP contribution is -2.31. The third-order valence-corrected chi connectivity index (χ3v) is 5.19. The third-order valence-electron chi connectivity index (χ3n) is 5.19. The number of para-hydroxylation sites is 2. The Labute approximate surface area is 175 Å². The maximum Gasteiger partial charge on any atom is 0.328 e. The Hall–Kier alpha value is -3.35. The summed E-state index contributed by atoms with van der Waals surface area (Å²) in [7, 11) is 1.70. The molecule has 0 spiro atoms. The van der Waals surface area contributed by atoms with Crippen molar-refractivity contribution in [3.8, 4) is 0 Å². The highest BCUT2D eigenvalue weighted by Gasteiger charge is 2.20. The number of amides is 1. The van der Waals surface area contributed by atoms with Gasteiger partial charge < -0.3 is 10.1 Å². The van der Waals surface area contributed by atoms with E-state index < -0.39 is 12.1 Å². The van der Waals surface area contributed by atoms with Gasteiger partial charge in [0.2, 0.25) is 0 Å². The molecular formula is C23H27N3O4. The van der Waals surface area contributed by atoms with Gasteiger partial charge in [0.05, 0.1) is 17.5 Å². The van der Waals surface area contributed by atoms with Gasteiger partial charge in [-0.05, 0) is 51.0 Å². The predicted octanol–water partition coefficient (Wildman–Crippen LogP) is 3.23. The van der Waals surface area contributed by atoms with Crippen LogP contribution in [-0.2, 0) is 27.9 Å². The molecule has 7 nitrogen and oxygen atoms in total. The van der Waals surface area contributed by atoms with Crippen LogP contribution in [0.25, 0.3) is 11.0 Å². The second kappa shape index (κ2) is 8.57. The fourth-order valence-electron chi connectivity index (χ4n) is 3.69. The maximum atomic E-state index is 12.5. The highest BCUT2D eigenvalue weighted by Crippen LogP contribution is 2.22. The third kappa shape index (κ3) is 4.30. The Morgan fingerprint density at radius 1 is 1.07 bits per heavy atom. The summed E-state index contributed by atoms with van der Waals surface area (Å²) in [5, 5.41) is 2.85. The van der Waals surface area contributed by atoms with Gasteiger partial charge in [0, 0.05) is 19.3 Å². The van der Waals surface area contributed by atoms with Crippen molar-refractivity contribution in [3.05, 3.63) is 63.6 Å². The minimum Gasteiger partial charge on any atom is -0.452 e. The van der Waals surface area contributed by atoms with Crippen LogP contribution in [0.4, 0.5) is 5.69 Å². The standard InChI is InChI=1S/C23H27N3O4/c1-14-12-15(2)21(16(3)13-14)24-22(28)17(4)30-20(27)10-11-26-19-9-7-6-8-18(19)25(5)23(26)29/h6-9,12-13,17H,10-11H2,1-5H3,(H,24,28). The fraction of sp³-hybridized carbons (Fsp3) is 0.348. The molecule has 158 valence electrons. The number of carbonyl (C=O) groups excluding carboxylic acids is 2. The van der Waals surface area contributed by atoms with Gasteiger partial charge in [-0.15, -0.1) is 0 Å². The van der Waals surface area contributed by atoms with E-state index in [0.29, 0.717) is 0 Å². The number of benzene rings is 2. The summed E-state index contributed by atoms with van der Waals surface area (Å²) in [6.45, 7) is 7.57. The van der Waals surface area contributed by atoms with E-state index in [-0.39, 0.29) is 24.6 Å². The van der Waals surface area contributed by atoms with Crippen LogP contribution in [0.1, 0.15) is 30.0 Å². The molecule has 0 radical (unpaired) electrons. The van der Waals surface area contributed by atoms with Crippen LogP contribution in [0.3, 0.4) is 0 Å². The maximum absolute atomic E-state index is 12.5. The molecule has 0 fully saturated rings. The topological polar surface area (TPSA) is 82.3 Å². The van der Waals surface area contributed by atoms with Crippen LogP contribution in [0, 0.1) is 20.8 Å². The summed E-state index contributed by atoms with van der Waals surface area (Å²) in [5.41, 5.74) is 5.12. The Morgan fingerprint density at radius 2 is 1.67 bits per heavy atom. The van der Waals surface area contributed by atoms with Gasteiger partial charge in [0.25, 0.3) is 5.91 Å². The van der Waals surface area contributed by atoms with E-state index in [0.717, 1.165) is 33.4 Å². The average Bonchev–Trinajstić information content (AvgIpc) is 2.93. The lowest BCUT2D eigenvalue weighted by Gasteiger charge is -2.17. The molecular weight excluding hydrogens is 382 g/mol. The molecule has 2 aromatic carbocycles. The number of rotatable bonds is 6. The summed E-state index contributed by atoms with van der Waals surface area (Å²) < 4.78 is 8.38. The number of aryl methyl sites for hydroxylation is 5. The molecule has 1 N–H and O–H groups in total. The molecule has 0 bridgehead atoms. The van der Waals surface area contributed by atoms with Crippen LogP contribution in [0.5, 0.6) is 0 Å². The molecule has 0 saturated carbocycles. The van der Waals surface area contributed by atoms with Crippen molar-refractivity contribution >= 4 is 28.6 Å². The monoisotopic (exact) mass is 409 g/mol. The Morgan fingerprint density at radius 3 is 2.30 bits per heavy atom. The largest absolute Gasteiger partial charge is 0.452 e. The zero-order chi connectivity index (χ0) is 22.0. The second-order valence-electron chi connectivity index (χ2n) is 7.63. The molecule has 0 aliphatic carbocycles. The molecule has 3 aromatic rings. The van der Waals surface area contributed by atoms with E-state index in [9.17, 15) is 14.4 Å². The molecule has 0 aliphatic heterocycles. The number of ether oxygens (including phenoxy) is 1. The van der Waals surface area contributed by atoms with Crippen LogP contribution < -0.4 is 11.0 Å². The Kier molecular flexibility index (Phi) is 6.10. The van der Waals surface area contributed by atoms with E-state index in [1.54, 1.807) is 16.2 Å². The molecule has 30 heavy (non-hydrogen) atoms. The number of fused-ring (bicyclic) bond motifs is 1. The van der Waals surface area contributed by atoms with Crippen molar-refractivity contribution in [1.82, 2.24) is 9.13 Å². The summed E-state index contributed by atoms with van der Waals surface area (Å²) in [6, 6.07) is 11.4. The minimum absolute atomic E-state index is 0.00583. The highest BCUT2D eigenvalue weighted by molar-refractivity contribution is 5.96. The summed E-state index contributed by atoms with van der Waals surface area (Å²) >= 11 is 0. The van der Waals surface area contributed by atoms with Gasteiger partial charge >= 0.3 is 11.7 Å². The Bertz CT molecular complexity index is 1150. The van der Waals surface area contributed by atoms with Crippen LogP contribution >= 0.6 is 0 Å².